The lowest BCUT2D eigenvalue weighted by Crippen LogP contribution is -2.24. The smallest absolute Gasteiger partial charge is 0.293 e. The number of hydrogen-bond donors (Lipinski definition) is 0. The van der Waals surface area contributed by atoms with Crippen molar-refractivity contribution in [2.24, 2.45) is 0 Å². The molecular weight excluding hydrogens is 220 g/mol. The van der Waals surface area contributed by atoms with Crippen molar-refractivity contribution in [3.05, 3.63) is 11.8 Å². The summed E-state index contributed by atoms with van der Waals surface area (Å²) in [5.74, 6) is 1.07. The van der Waals surface area contributed by atoms with Crippen LogP contribution < -0.4 is 0 Å². The Morgan fingerprint density at radius 3 is 2.44 bits per heavy atom. The van der Waals surface area contributed by atoms with E-state index < -0.39 is 8.32 Å². The second-order valence-electron chi connectivity index (χ2n) is 4.90. The van der Waals surface area contributed by atoms with Crippen LogP contribution in [-0.4, -0.2) is 20.9 Å². The van der Waals surface area contributed by atoms with Crippen LogP contribution in [0.3, 0.4) is 0 Å². The Bertz CT molecular complexity index is 231. The van der Waals surface area contributed by atoms with Gasteiger partial charge in [0.25, 0.3) is 6.47 Å². The molecule has 0 amide bonds. The van der Waals surface area contributed by atoms with Crippen LogP contribution in [-0.2, 0) is 14.0 Å². The first kappa shape index (κ1) is 15.2. The molecule has 0 heterocycles. The first-order valence-electron chi connectivity index (χ1n) is 5.82. The van der Waals surface area contributed by atoms with Crippen molar-refractivity contribution in [3.63, 3.8) is 0 Å². The van der Waals surface area contributed by atoms with Crippen LogP contribution in [0.5, 0.6) is 0 Å². The van der Waals surface area contributed by atoms with Gasteiger partial charge in [0.05, 0.1) is 11.9 Å². The molecule has 4 heteroatoms. The molecule has 0 spiro atoms. The highest BCUT2D eigenvalue weighted by molar-refractivity contribution is 6.70. The molecule has 0 aromatic heterocycles. The molecule has 0 saturated heterocycles. The first-order chi connectivity index (χ1) is 7.39. The van der Waals surface area contributed by atoms with E-state index in [2.05, 4.69) is 19.6 Å². The van der Waals surface area contributed by atoms with E-state index >= 15 is 0 Å². The molecule has 0 aromatic carbocycles. The minimum Gasteiger partial charge on any atom is -0.548 e. The van der Waals surface area contributed by atoms with Gasteiger partial charge in [-0.25, -0.2) is 0 Å². The number of carbonyl (C=O) groups is 1. The fourth-order valence-electron chi connectivity index (χ4n) is 1.37. The predicted octanol–water partition coefficient (Wildman–Crippen LogP) is 3.47. The van der Waals surface area contributed by atoms with Crippen LogP contribution in [0.1, 0.15) is 33.1 Å². The van der Waals surface area contributed by atoms with Crippen LogP contribution in [0.4, 0.5) is 0 Å². The Hall–Kier alpha value is -0.773. The summed E-state index contributed by atoms with van der Waals surface area (Å²) in [6, 6.07) is 0. The molecule has 0 aliphatic carbocycles. The number of ether oxygens (including phenoxy) is 1. The molecule has 1 atom stereocenters. The minimum atomic E-state index is -1.49. The Kier molecular flexibility index (Phi) is 7.13. The summed E-state index contributed by atoms with van der Waals surface area (Å²) in [6.07, 6.45) is 4.82. The van der Waals surface area contributed by atoms with Crippen LogP contribution in [0.25, 0.3) is 0 Å². The number of allylic oxidation sites excluding steroid dienone is 2. The summed E-state index contributed by atoms with van der Waals surface area (Å²) in [5.41, 5.74) is 0. The molecule has 94 valence electrons. The molecule has 16 heavy (non-hydrogen) atoms. The molecule has 0 aliphatic heterocycles. The van der Waals surface area contributed by atoms with E-state index in [-0.39, 0.29) is 6.10 Å². The van der Waals surface area contributed by atoms with Gasteiger partial charge in [0, 0.05) is 6.42 Å². The maximum absolute atomic E-state index is 10.1. The molecule has 1 unspecified atom stereocenters. The van der Waals surface area contributed by atoms with Crippen LogP contribution in [0.2, 0.25) is 19.6 Å². The lowest BCUT2D eigenvalue weighted by molar-refractivity contribution is -0.133. The second-order valence-corrected chi connectivity index (χ2v) is 9.33. The average molecular weight is 244 g/mol. The third-order valence-corrected chi connectivity index (χ3v) is 2.96. The summed E-state index contributed by atoms with van der Waals surface area (Å²) in [4.78, 5) is 10.1. The van der Waals surface area contributed by atoms with Crippen molar-refractivity contribution in [1.29, 1.82) is 0 Å². The summed E-state index contributed by atoms with van der Waals surface area (Å²) >= 11 is 0. The SMILES string of the molecule is C/C=C(\CCCC(C)OC=O)O[Si](C)(C)C. The van der Waals surface area contributed by atoms with Crippen LogP contribution >= 0.6 is 0 Å². The standard InChI is InChI=1S/C12H24O3Si/c1-6-12(15-16(3,4)5)9-7-8-11(2)14-10-13/h6,10-11H,7-9H2,1-5H3/b12-6+. The van der Waals surface area contributed by atoms with Crippen molar-refractivity contribution in [3.8, 4) is 0 Å². The maximum Gasteiger partial charge on any atom is 0.293 e. The topological polar surface area (TPSA) is 35.5 Å². The molecule has 0 N–H and O–H groups in total. The van der Waals surface area contributed by atoms with Gasteiger partial charge in [-0.3, -0.25) is 4.79 Å². The van der Waals surface area contributed by atoms with Gasteiger partial charge in [-0.2, -0.15) is 0 Å². The van der Waals surface area contributed by atoms with E-state index in [1.54, 1.807) is 0 Å². The molecule has 0 aromatic rings. The first-order valence-corrected chi connectivity index (χ1v) is 9.23. The van der Waals surface area contributed by atoms with E-state index in [9.17, 15) is 4.79 Å². The van der Waals surface area contributed by atoms with Crippen LogP contribution in [0.15, 0.2) is 11.8 Å². The van der Waals surface area contributed by atoms with E-state index in [0.717, 1.165) is 25.0 Å². The van der Waals surface area contributed by atoms with Gasteiger partial charge in [0.15, 0.2) is 0 Å². The Morgan fingerprint density at radius 2 is 2.00 bits per heavy atom. The fourth-order valence-corrected chi connectivity index (χ4v) is 2.38. The van der Waals surface area contributed by atoms with E-state index in [0.29, 0.717) is 6.47 Å². The minimum absolute atomic E-state index is 0.00230. The van der Waals surface area contributed by atoms with Gasteiger partial charge < -0.3 is 9.16 Å². The van der Waals surface area contributed by atoms with E-state index in [4.69, 9.17) is 9.16 Å². The zero-order valence-corrected chi connectivity index (χ0v) is 12.1. The highest BCUT2D eigenvalue weighted by Gasteiger charge is 2.17. The summed E-state index contributed by atoms with van der Waals surface area (Å²) in [5, 5.41) is 0. The molecule has 0 bridgehead atoms. The third kappa shape index (κ3) is 8.53. The van der Waals surface area contributed by atoms with Crippen molar-refractivity contribution >= 4 is 14.8 Å². The Labute approximate surface area is 100.0 Å². The summed E-state index contributed by atoms with van der Waals surface area (Å²) < 4.78 is 10.7. The normalized spacial score (nSPS) is 14.4. The Balaban J connectivity index is 3.85. The molecule has 0 rings (SSSR count). The second kappa shape index (κ2) is 7.49. The monoisotopic (exact) mass is 244 g/mol. The molecule has 0 aliphatic rings. The van der Waals surface area contributed by atoms with Crippen molar-refractivity contribution in [1.82, 2.24) is 0 Å². The highest BCUT2D eigenvalue weighted by atomic mass is 28.4. The lowest BCUT2D eigenvalue weighted by Gasteiger charge is -2.22. The highest BCUT2D eigenvalue weighted by Crippen LogP contribution is 2.16. The lowest BCUT2D eigenvalue weighted by atomic mass is 10.1. The summed E-state index contributed by atoms with van der Waals surface area (Å²) in [6.45, 7) is 10.9. The van der Waals surface area contributed by atoms with E-state index in [1.165, 1.54) is 0 Å². The van der Waals surface area contributed by atoms with Gasteiger partial charge in [0.1, 0.15) is 0 Å². The maximum atomic E-state index is 10.1. The van der Waals surface area contributed by atoms with Crippen molar-refractivity contribution < 1.29 is 14.0 Å². The zero-order valence-electron chi connectivity index (χ0n) is 11.1. The molecule has 0 fully saturated rings. The number of hydrogen-bond acceptors (Lipinski definition) is 3. The molecule has 3 nitrogen and oxygen atoms in total. The molecule has 0 saturated carbocycles. The largest absolute Gasteiger partial charge is 0.548 e. The van der Waals surface area contributed by atoms with Gasteiger partial charge >= 0.3 is 0 Å². The quantitative estimate of drug-likeness (QED) is 0.372. The Morgan fingerprint density at radius 1 is 1.38 bits per heavy atom. The summed E-state index contributed by atoms with van der Waals surface area (Å²) in [7, 11) is -1.49. The van der Waals surface area contributed by atoms with Crippen molar-refractivity contribution in [2.75, 3.05) is 0 Å². The van der Waals surface area contributed by atoms with Gasteiger partial charge in [0.2, 0.25) is 8.32 Å². The van der Waals surface area contributed by atoms with Gasteiger partial charge in [-0.15, -0.1) is 0 Å². The zero-order chi connectivity index (χ0) is 12.6. The number of rotatable bonds is 8. The molecular formula is C12H24O3Si. The predicted molar refractivity (Wildman–Crippen MR) is 68.7 cm³/mol. The third-order valence-electron chi connectivity index (χ3n) is 2.08. The van der Waals surface area contributed by atoms with Gasteiger partial charge in [-0.05, 0) is 46.3 Å². The average Bonchev–Trinajstić information content (AvgIpc) is 2.14. The molecule has 0 radical (unpaired) electrons. The van der Waals surface area contributed by atoms with E-state index in [1.807, 2.05) is 19.9 Å². The number of carbonyl (C=O) groups excluding carboxylic acids is 1. The van der Waals surface area contributed by atoms with Gasteiger partial charge in [-0.1, -0.05) is 6.08 Å². The van der Waals surface area contributed by atoms with Crippen LogP contribution in [0, 0.1) is 0 Å². The fraction of sp³-hybridized carbons (Fsp3) is 0.750. The van der Waals surface area contributed by atoms with Crippen molar-refractivity contribution in [2.45, 2.75) is 58.9 Å².